The third-order valence-corrected chi connectivity index (χ3v) is 4.00. The summed E-state index contributed by atoms with van der Waals surface area (Å²) in [4.78, 5) is 26.7. The quantitative estimate of drug-likeness (QED) is 0.694. The Morgan fingerprint density at radius 2 is 1.93 bits per heavy atom. The van der Waals surface area contributed by atoms with Crippen molar-refractivity contribution in [2.75, 3.05) is 7.11 Å². The largest absolute Gasteiger partial charge is 0.496 e. The van der Waals surface area contributed by atoms with Gasteiger partial charge in [0.25, 0.3) is 0 Å². The van der Waals surface area contributed by atoms with E-state index in [2.05, 4.69) is 10.3 Å². The van der Waals surface area contributed by atoms with Crippen LogP contribution in [0.3, 0.4) is 0 Å². The molecule has 1 amide bonds. The van der Waals surface area contributed by atoms with Gasteiger partial charge in [-0.1, -0.05) is 36.4 Å². The Bertz CT molecular complexity index is 966. The molecule has 0 aliphatic heterocycles. The molecule has 7 heteroatoms. The molecule has 3 rings (SSSR count). The number of carboxylic acids is 1. The monoisotopic (exact) mass is 366 g/mol. The van der Waals surface area contributed by atoms with Gasteiger partial charge in [-0.15, -0.1) is 0 Å². The van der Waals surface area contributed by atoms with Crippen LogP contribution in [0.4, 0.5) is 0 Å². The Kier molecular flexibility index (Phi) is 5.21. The molecule has 2 aromatic carbocycles. The van der Waals surface area contributed by atoms with E-state index in [0.717, 1.165) is 17.4 Å². The van der Waals surface area contributed by atoms with Crippen molar-refractivity contribution in [3.05, 3.63) is 71.6 Å². The van der Waals surface area contributed by atoms with Crippen molar-refractivity contribution in [3.63, 3.8) is 0 Å². The number of methoxy groups -OCH3 is 1. The summed E-state index contributed by atoms with van der Waals surface area (Å²) in [7, 11) is 1.52. The fourth-order valence-corrected chi connectivity index (χ4v) is 2.78. The van der Waals surface area contributed by atoms with Gasteiger partial charge in [-0.25, -0.2) is 9.78 Å². The van der Waals surface area contributed by atoms with Crippen LogP contribution in [0.5, 0.6) is 5.75 Å². The van der Waals surface area contributed by atoms with E-state index in [4.69, 9.17) is 14.3 Å². The first-order chi connectivity index (χ1) is 13.0. The van der Waals surface area contributed by atoms with E-state index in [-0.39, 0.29) is 17.5 Å². The maximum absolute atomic E-state index is 11.7. The second-order valence-electron chi connectivity index (χ2n) is 5.84. The SMILES string of the molecule is COc1cc(-c2nc(C(=O)O)co2)ccc1C(NC(C)=O)c1ccccc1. The predicted octanol–water partition coefficient (Wildman–Crippen LogP) is 3.27. The molecular formula is C20H18N2O5. The van der Waals surface area contributed by atoms with Crippen LogP contribution < -0.4 is 10.1 Å². The topological polar surface area (TPSA) is 102 Å². The number of oxazole rings is 1. The average Bonchev–Trinajstić information content (AvgIpc) is 3.17. The second kappa shape index (κ2) is 7.74. The van der Waals surface area contributed by atoms with E-state index in [1.54, 1.807) is 18.2 Å². The molecule has 0 radical (unpaired) electrons. The van der Waals surface area contributed by atoms with Crippen LogP contribution in [0, 0.1) is 0 Å². The van der Waals surface area contributed by atoms with Gasteiger partial charge in [0.2, 0.25) is 11.8 Å². The van der Waals surface area contributed by atoms with E-state index in [1.807, 2.05) is 30.3 Å². The number of carbonyl (C=O) groups excluding carboxylic acids is 1. The Hall–Kier alpha value is -3.61. The van der Waals surface area contributed by atoms with E-state index in [0.29, 0.717) is 11.3 Å². The average molecular weight is 366 g/mol. The van der Waals surface area contributed by atoms with Gasteiger partial charge < -0.3 is 19.6 Å². The molecule has 1 heterocycles. The molecule has 0 saturated carbocycles. The molecule has 1 aromatic heterocycles. The van der Waals surface area contributed by atoms with Gasteiger partial charge >= 0.3 is 5.97 Å². The molecule has 1 unspecified atom stereocenters. The van der Waals surface area contributed by atoms with Crippen molar-refractivity contribution in [3.8, 4) is 17.2 Å². The standard InChI is InChI=1S/C20H18N2O5/c1-12(23)21-18(13-6-4-3-5-7-13)15-9-8-14(10-17(15)26-2)19-22-16(11-27-19)20(24)25/h3-11,18H,1-2H3,(H,21,23)(H,24,25). The number of hydrogen-bond acceptors (Lipinski definition) is 5. The minimum Gasteiger partial charge on any atom is -0.496 e. The summed E-state index contributed by atoms with van der Waals surface area (Å²) in [6.07, 6.45) is 1.09. The summed E-state index contributed by atoms with van der Waals surface area (Å²) in [6, 6.07) is 14.4. The summed E-state index contributed by atoms with van der Waals surface area (Å²) in [5.74, 6) is -0.643. The Morgan fingerprint density at radius 3 is 2.52 bits per heavy atom. The van der Waals surface area contributed by atoms with E-state index in [1.165, 1.54) is 14.0 Å². The van der Waals surface area contributed by atoms with Crippen LogP contribution in [-0.4, -0.2) is 29.1 Å². The molecule has 2 N–H and O–H groups in total. The van der Waals surface area contributed by atoms with E-state index >= 15 is 0 Å². The van der Waals surface area contributed by atoms with Gasteiger partial charge in [-0.2, -0.15) is 0 Å². The number of rotatable bonds is 6. The van der Waals surface area contributed by atoms with Crippen molar-refractivity contribution in [1.29, 1.82) is 0 Å². The normalized spacial score (nSPS) is 11.6. The molecule has 138 valence electrons. The number of carboxylic acid groups (broad SMARTS) is 1. The van der Waals surface area contributed by atoms with Crippen LogP contribution >= 0.6 is 0 Å². The Labute approximate surface area is 155 Å². The highest BCUT2D eigenvalue weighted by Gasteiger charge is 2.21. The third-order valence-electron chi connectivity index (χ3n) is 4.00. The van der Waals surface area contributed by atoms with Crippen molar-refractivity contribution in [1.82, 2.24) is 10.3 Å². The first kappa shape index (κ1) is 18.2. The molecule has 0 aliphatic carbocycles. The number of hydrogen-bond donors (Lipinski definition) is 2. The molecule has 0 saturated heterocycles. The summed E-state index contributed by atoms with van der Waals surface area (Å²) < 4.78 is 10.8. The van der Waals surface area contributed by atoms with Crippen LogP contribution in [-0.2, 0) is 4.79 Å². The first-order valence-electron chi connectivity index (χ1n) is 8.18. The smallest absolute Gasteiger partial charge is 0.357 e. The molecule has 0 aliphatic rings. The number of aromatic carboxylic acids is 1. The number of ether oxygens (including phenoxy) is 1. The lowest BCUT2D eigenvalue weighted by Gasteiger charge is -2.21. The maximum atomic E-state index is 11.7. The lowest BCUT2D eigenvalue weighted by Crippen LogP contribution is -2.27. The fourth-order valence-electron chi connectivity index (χ4n) is 2.78. The summed E-state index contributed by atoms with van der Waals surface area (Å²) in [6.45, 7) is 1.46. The lowest BCUT2D eigenvalue weighted by atomic mass is 9.96. The van der Waals surface area contributed by atoms with Crippen molar-refractivity contribution >= 4 is 11.9 Å². The number of carbonyl (C=O) groups is 2. The number of benzene rings is 2. The molecule has 27 heavy (non-hydrogen) atoms. The number of amides is 1. The second-order valence-corrected chi connectivity index (χ2v) is 5.84. The highest BCUT2D eigenvalue weighted by atomic mass is 16.5. The highest BCUT2D eigenvalue weighted by Crippen LogP contribution is 2.33. The first-order valence-corrected chi connectivity index (χ1v) is 8.18. The fraction of sp³-hybridized carbons (Fsp3) is 0.150. The Balaban J connectivity index is 2.03. The zero-order chi connectivity index (χ0) is 19.4. The highest BCUT2D eigenvalue weighted by molar-refractivity contribution is 5.85. The summed E-state index contributed by atoms with van der Waals surface area (Å²) in [5.41, 5.74) is 2.06. The van der Waals surface area contributed by atoms with Crippen molar-refractivity contribution in [2.45, 2.75) is 13.0 Å². The molecule has 0 fully saturated rings. The van der Waals surface area contributed by atoms with Crippen LogP contribution in [0.2, 0.25) is 0 Å². The van der Waals surface area contributed by atoms with E-state index < -0.39 is 12.0 Å². The van der Waals surface area contributed by atoms with Gasteiger partial charge in [0.15, 0.2) is 5.69 Å². The summed E-state index contributed by atoms with van der Waals surface area (Å²) in [5, 5.41) is 11.9. The lowest BCUT2D eigenvalue weighted by molar-refractivity contribution is -0.119. The number of nitrogens with zero attached hydrogens (tertiary/aromatic N) is 1. The third kappa shape index (κ3) is 3.98. The molecule has 7 nitrogen and oxygen atoms in total. The van der Waals surface area contributed by atoms with Crippen LogP contribution in [0.1, 0.15) is 34.6 Å². The summed E-state index contributed by atoms with van der Waals surface area (Å²) >= 11 is 0. The molecule has 0 bridgehead atoms. The molecule has 1 atom stereocenters. The number of aromatic nitrogens is 1. The van der Waals surface area contributed by atoms with Crippen LogP contribution in [0.15, 0.2) is 59.2 Å². The molecule has 3 aromatic rings. The predicted molar refractivity (Wildman–Crippen MR) is 97.6 cm³/mol. The minimum atomic E-state index is -1.16. The zero-order valence-corrected chi connectivity index (χ0v) is 14.8. The molecular weight excluding hydrogens is 348 g/mol. The molecule has 0 spiro atoms. The minimum absolute atomic E-state index is 0.172. The van der Waals surface area contributed by atoms with Gasteiger partial charge in [-0.3, -0.25) is 4.79 Å². The van der Waals surface area contributed by atoms with Crippen LogP contribution in [0.25, 0.3) is 11.5 Å². The van der Waals surface area contributed by atoms with Gasteiger partial charge in [-0.05, 0) is 17.7 Å². The number of nitrogens with one attached hydrogen (secondary N) is 1. The maximum Gasteiger partial charge on any atom is 0.357 e. The van der Waals surface area contributed by atoms with Gasteiger partial charge in [0.1, 0.15) is 12.0 Å². The van der Waals surface area contributed by atoms with Crippen molar-refractivity contribution < 1.29 is 23.8 Å². The van der Waals surface area contributed by atoms with Gasteiger partial charge in [0.05, 0.1) is 13.2 Å². The van der Waals surface area contributed by atoms with Gasteiger partial charge in [0, 0.05) is 18.1 Å². The zero-order valence-electron chi connectivity index (χ0n) is 14.8. The Morgan fingerprint density at radius 1 is 1.19 bits per heavy atom. The van der Waals surface area contributed by atoms with E-state index in [9.17, 15) is 9.59 Å². The van der Waals surface area contributed by atoms with Crippen molar-refractivity contribution in [2.24, 2.45) is 0 Å².